The molecule has 0 fully saturated rings. The van der Waals surface area contributed by atoms with Gasteiger partial charge in [0.05, 0.1) is 13.4 Å². The maximum absolute atomic E-state index is 10.7. The van der Waals surface area contributed by atoms with E-state index in [0.717, 1.165) is 6.42 Å². The van der Waals surface area contributed by atoms with E-state index in [1.165, 1.54) is 13.2 Å². The number of allylic oxidation sites excluding steroid dienone is 2. The van der Waals surface area contributed by atoms with Crippen LogP contribution in [0.4, 0.5) is 0 Å². The van der Waals surface area contributed by atoms with Gasteiger partial charge in [-0.15, -0.1) is 0 Å². The van der Waals surface area contributed by atoms with Crippen LogP contribution in [0, 0.1) is 5.92 Å². The van der Waals surface area contributed by atoms with Crippen molar-refractivity contribution in [3.05, 3.63) is 24.0 Å². The van der Waals surface area contributed by atoms with E-state index in [1.54, 1.807) is 0 Å². The fourth-order valence-corrected chi connectivity index (χ4v) is 1.41. The summed E-state index contributed by atoms with van der Waals surface area (Å²) in [6.07, 6.45) is 10.2. The number of methoxy groups -OCH3 is 1. The second-order valence-electron chi connectivity index (χ2n) is 3.24. The number of carbonyl (C=O) groups is 1. The lowest BCUT2D eigenvalue weighted by Crippen LogP contribution is -1.94. The van der Waals surface area contributed by atoms with Gasteiger partial charge in [0.25, 0.3) is 0 Å². The molecule has 0 rings (SSSR count). The molecule has 2 nitrogen and oxygen atoms in total. The van der Waals surface area contributed by atoms with Crippen LogP contribution in [0.15, 0.2) is 24.0 Å². The highest BCUT2D eigenvalue weighted by atomic mass is 31.1. The quantitative estimate of drug-likeness (QED) is 0.399. The molecule has 0 N–H and O–H groups in total. The van der Waals surface area contributed by atoms with Crippen LogP contribution in [0.2, 0.25) is 0 Å². The molecule has 0 aromatic heterocycles. The van der Waals surface area contributed by atoms with Crippen LogP contribution in [-0.4, -0.2) is 26.0 Å². The minimum absolute atomic E-state index is 0.210. The van der Waals surface area contributed by atoms with E-state index >= 15 is 0 Å². The molecular formula is C11H18O2P+. The van der Waals surface area contributed by atoms with Crippen molar-refractivity contribution in [2.24, 2.45) is 5.92 Å². The fourth-order valence-electron chi connectivity index (χ4n) is 0.819. The highest BCUT2D eigenvalue weighted by molar-refractivity contribution is 7.58. The average Bonchev–Trinajstić information content (AvgIpc) is 2.14. The number of rotatable bonds is 5. The van der Waals surface area contributed by atoms with Gasteiger partial charge in [-0.2, -0.15) is 0 Å². The van der Waals surface area contributed by atoms with Crippen molar-refractivity contribution >= 4 is 19.8 Å². The highest BCUT2D eigenvalue weighted by Gasteiger charge is 1.97. The molecule has 0 aliphatic heterocycles. The van der Waals surface area contributed by atoms with E-state index in [0.29, 0.717) is 5.92 Å². The van der Waals surface area contributed by atoms with Gasteiger partial charge in [-0.1, -0.05) is 13.0 Å². The third kappa shape index (κ3) is 7.75. The van der Waals surface area contributed by atoms with E-state index in [9.17, 15) is 4.79 Å². The van der Waals surface area contributed by atoms with Gasteiger partial charge in [-0.3, -0.25) is 0 Å². The normalized spacial score (nSPS) is 14.6. The SMILES string of the molecule is C=[P+](C)C=CC(C)CC=CC(=O)OC. The summed E-state index contributed by atoms with van der Waals surface area (Å²) in [7, 11) is 1.17. The van der Waals surface area contributed by atoms with Gasteiger partial charge in [0, 0.05) is 6.08 Å². The maximum Gasteiger partial charge on any atom is 0.330 e. The Kier molecular flexibility index (Phi) is 7.04. The van der Waals surface area contributed by atoms with E-state index in [-0.39, 0.29) is 13.5 Å². The predicted molar refractivity (Wildman–Crippen MR) is 64.0 cm³/mol. The zero-order chi connectivity index (χ0) is 11.0. The van der Waals surface area contributed by atoms with Gasteiger partial charge >= 0.3 is 5.97 Å². The first-order valence-corrected chi connectivity index (χ1v) is 6.56. The summed E-state index contributed by atoms with van der Waals surface area (Å²) < 4.78 is 4.48. The molecule has 0 aromatic carbocycles. The highest BCUT2D eigenvalue weighted by Crippen LogP contribution is 2.17. The first kappa shape index (κ1) is 13.1. The Balaban J connectivity index is 3.84. The number of hydrogen-bond acceptors (Lipinski definition) is 2. The molecule has 0 heterocycles. The van der Waals surface area contributed by atoms with E-state index in [1.807, 2.05) is 6.08 Å². The van der Waals surface area contributed by atoms with Crippen LogP contribution in [0.1, 0.15) is 13.3 Å². The van der Waals surface area contributed by atoms with Crippen molar-refractivity contribution in [3.8, 4) is 0 Å². The molecule has 0 saturated carbocycles. The molecule has 0 aliphatic rings. The first-order chi connectivity index (χ1) is 6.56. The van der Waals surface area contributed by atoms with Gasteiger partial charge < -0.3 is 4.74 Å². The van der Waals surface area contributed by atoms with Crippen molar-refractivity contribution in [1.29, 1.82) is 0 Å². The van der Waals surface area contributed by atoms with Crippen LogP contribution in [0.25, 0.3) is 0 Å². The predicted octanol–water partition coefficient (Wildman–Crippen LogP) is 2.80. The Hall–Kier alpha value is -0.880. The van der Waals surface area contributed by atoms with Crippen LogP contribution in [0.5, 0.6) is 0 Å². The lowest BCUT2D eigenvalue weighted by atomic mass is 10.1. The summed E-state index contributed by atoms with van der Waals surface area (Å²) in [6, 6.07) is 0. The number of esters is 1. The minimum atomic E-state index is -0.295. The molecule has 0 bridgehead atoms. The molecule has 0 amide bonds. The van der Waals surface area contributed by atoms with E-state index in [2.05, 4.69) is 36.5 Å². The van der Waals surface area contributed by atoms with Crippen LogP contribution in [-0.2, 0) is 9.53 Å². The number of carbonyl (C=O) groups excluding carboxylic acids is 1. The fraction of sp³-hybridized carbons (Fsp3) is 0.455. The van der Waals surface area contributed by atoms with Crippen molar-refractivity contribution in [3.63, 3.8) is 0 Å². The molecule has 2 unspecified atom stereocenters. The molecule has 78 valence electrons. The lowest BCUT2D eigenvalue weighted by Gasteiger charge is -1.98. The molecule has 2 atom stereocenters. The molecule has 0 aliphatic carbocycles. The molecule has 0 aromatic rings. The first-order valence-electron chi connectivity index (χ1n) is 4.52. The molecule has 14 heavy (non-hydrogen) atoms. The number of ether oxygens (including phenoxy) is 1. The van der Waals surface area contributed by atoms with Crippen molar-refractivity contribution in [2.75, 3.05) is 13.8 Å². The summed E-state index contributed by atoms with van der Waals surface area (Å²) in [6.45, 7) is 4.21. The summed E-state index contributed by atoms with van der Waals surface area (Å²) in [5, 5.41) is 0. The Labute approximate surface area is 87.0 Å². The second kappa shape index (κ2) is 7.52. The molecule has 0 spiro atoms. The van der Waals surface area contributed by atoms with Gasteiger partial charge in [-0.25, -0.2) is 4.79 Å². The Morgan fingerprint density at radius 3 is 2.79 bits per heavy atom. The smallest absolute Gasteiger partial charge is 0.330 e. The molecule has 3 heteroatoms. The second-order valence-corrected chi connectivity index (χ2v) is 5.05. The summed E-state index contributed by atoms with van der Waals surface area (Å²) in [5.41, 5.74) is 0. The Morgan fingerprint density at radius 1 is 1.64 bits per heavy atom. The van der Waals surface area contributed by atoms with Gasteiger partial charge in [0.2, 0.25) is 0 Å². The summed E-state index contributed by atoms with van der Waals surface area (Å²) in [4.78, 5) is 10.7. The topological polar surface area (TPSA) is 26.3 Å². The molecule has 0 radical (unpaired) electrons. The van der Waals surface area contributed by atoms with Crippen molar-refractivity contribution < 1.29 is 9.53 Å². The largest absolute Gasteiger partial charge is 0.466 e. The zero-order valence-corrected chi connectivity index (χ0v) is 9.96. The standard InChI is InChI=1S/C11H18O2P/c1-10(8-9-14(3)4)6-5-7-11(12)13-2/h5,7-10H,3,6H2,1-2,4H3/q+1. The van der Waals surface area contributed by atoms with Gasteiger partial charge in [-0.05, 0) is 18.4 Å². The molecule has 0 saturated heterocycles. The lowest BCUT2D eigenvalue weighted by molar-refractivity contribution is -0.134. The summed E-state index contributed by atoms with van der Waals surface area (Å²) in [5.74, 6) is 2.28. The monoisotopic (exact) mass is 213 g/mol. The Bertz CT molecular complexity index is 254. The minimum Gasteiger partial charge on any atom is -0.466 e. The van der Waals surface area contributed by atoms with Crippen LogP contribution < -0.4 is 0 Å². The van der Waals surface area contributed by atoms with E-state index in [4.69, 9.17) is 0 Å². The number of hydrogen-bond donors (Lipinski definition) is 0. The van der Waals surface area contributed by atoms with E-state index < -0.39 is 0 Å². The van der Waals surface area contributed by atoms with Gasteiger partial charge in [0.1, 0.15) is 20.0 Å². The zero-order valence-electron chi connectivity index (χ0n) is 9.06. The summed E-state index contributed by atoms with van der Waals surface area (Å²) >= 11 is 0. The van der Waals surface area contributed by atoms with Gasteiger partial charge in [0.15, 0.2) is 0 Å². The Morgan fingerprint density at radius 2 is 2.29 bits per heavy atom. The van der Waals surface area contributed by atoms with Crippen LogP contribution in [0.3, 0.4) is 0 Å². The third-order valence-electron chi connectivity index (χ3n) is 1.63. The molecular weight excluding hydrogens is 195 g/mol. The average molecular weight is 213 g/mol. The maximum atomic E-state index is 10.7. The third-order valence-corrected chi connectivity index (χ3v) is 2.31. The van der Waals surface area contributed by atoms with Crippen molar-refractivity contribution in [1.82, 2.24) is 0 Å². The van der Waals surface area contributed by atoms with Crippen LogP contribution >= 0.6 is 7.55 Å². The van der Waals surface area contributed by atoms with Crippen molar-refractivity contribution in [2.45, 2.75) is 13.3 Å².